The Morgan fingerprint density at radius 2 is 2.24 bits per heavy atom. The minimum Gasteiger partial charge on any atom is -0.393 e. The molecule has 0 aromatic carbocycles. The van der Waals surface area contributed by atoms with Crippen molar-refractivity contribution in [1.82, 2.24) is 9.88 Å². The molecule has 4 unspecified atom stereocenters. The van der Waals surface area contributed by atoms with Gasteiger partial charge in [-0.25, -0.2) is 0 Å². The highest BCUT2D eigenvalue weighted by Crippen LogP contribution is 2.56. The average molecular weight is 286 g/mol. The monoisotopic (exact) mass is 286 g/mol. The van der Waals surface area contributed by atoms with Gasteiger partial charge < -0.3 is 10.1 Å². The van der Waals surface area contributed by atoms with Crippen LogP contribution < -0.4 is 5.56 Å². The molecule has 112 valence electrons. The summed E-state index contributed by atoms with van der Waals surface area (Å²) in [5.41, 5.74) is 3.50. The number of aromatic amines is 1. The van der Waals surface area contributed by atoms with E-state index in [2.05, 4.69) is 29.9 Å². The van der Waals surface area contributed by atoms with Crippen LogP contribution in [-0.4, -0.2) is 34.7 Å². The smallest absolute Gasteiger partial charge is 0.248 e. The first-order valence-electron chi connectivity index (χ1n) is 7.81. The summed E-state index contributed by atoms with van der Waals surface area (Å²) in [5.74, 6) is 0.556. The molecule has 1 saturated heterocycles. The van der Waals surface area contributed by atoms with Crippen LogP contribution in [0.5, 0.6) is 0 Å². The number of likely N-dealkylation sites (tertiary alicyclic amines) is 1. The number of aliphatic hydroxyl groups excluding tert-OH is 1. The SMILES string of the molecule is CC1=CC2Cc3[nH]c(=O)ccc3C3(C1)C2C(O)CCN3C. The summed E-state index contributed by atoms with van der Waals surface area (Å²) in [7, 11) is 2.16. The lowest BCUT2D eigenvalue weighted by Crippen LogP contribution is -2.63. The van der Waals surface area contributed by atoms with Crippen LogP contribution in [0.25, 0.3) is 0 Å². The first-order chi connectivity index (χ1) is 10.0. The Kier molecular flexibility index (Phi) is 2.72. The maximum Gasteiger partial charge on any atom is 0.248 e. The molecule has 1 aromatic heterocycles. The van der Waals surface area contributed by atoms with E-state index in [0.717, 1.165) is 31.5 Å². The molecule has 2 N–H and O–H groups in total. The van der Waals surface area contributed by atoms with Gasteiger partial charge in [-0.3, -0.25) is 9.69 Å². The third-order valence-electron chi connectivity index (χ3n) is 5.82. The fourth-order valence-corrected chi connectivity index (χ4v) is 5.11. The van der Waals surface area contributed by atoms with Crippen molar-refractivity contribution in [3.63, 3.8) is 0 Å². The van der Waals surface area contributed by atoms with Gasteiger partial charge >= 0.3 is 0 Å². The molecule has 4 atom stereocenters. The second-order valence-electron chi connectivity index (χ2n) is 7.00. The number of pyridine rings is 1. The number of nitrogens with zero attached hydrogens (tertiary/aromatic N) is 1. The van der Waals surface area contributed by atoms with Gasteiger partial charge in [0.1, 0.15) is 0 Å². The van der Waals surface area contributed by atoms with Gasteiger partial charge in [0, 0.05) is 24.2 Å². The van der Waals surface area contributed by atoms with E-state index < -0.39 is 0 Å². The molecular formula is C17H22N2O2. The van der Waals surface area contributed by atoms with Crippen molar-refractivity contribution < 1.29 is 5.11 Å². The van der Waals surface area contributed by atoms with Crippen molar-refractivity contribution in [2.75, 3.05) is 13.6 Å². The molecular weight excluding hydrogens is 264 g/mol. The van der Waals surface area contributed by atoms with E-state index in [-0.39, 0.29) is 23.1 Å². The highest BCUT2D eigenvalue weighted by molar-refractivity contribution is 5.40. The molecule has 3 aliphatic rings. The Morgan fingerprint density at radius 1 is 1.43 bits per heavy atom. The summed E-state index contributed by atoms with van der Waals surface area (Å²) in [6, 6.07) is 3.62. The van der Waals surface area contributed by atoms with Gasteiger partial charge in [-0.15, -0.1) is 0 Å². The average Bonchev–Trinajstić information content (AvgIpc) is 2.41. The first kappa shape index (κ1) is 13.3. The second kappa shape index (κ2) is 4.31. The van der Waals surface area contributed by atoms with Crippen molar-refractivity contribution in [2.24, 2.45) is 11.8 Å². The first-order valence-corrected chi connectivity index (χ1v) is 7.81. The molecule has 2 bridgehead atoms. The van der Waals surface area contributed by atoms with E-state index in [0.29, 0.717) is 5.92 Å². The molecule has 1 aromatic rings. The highest BCUT2D eigenvalue weighted by atomic mass is 16.3. The number of allylic oxidation sites excluding steroid dienone is 1. The van der Waals surface area contributed by atoms with Gasteiger partial charge in [-0.2, -0.15) is 0 Å². The van der Waals surface area contributed by atoms with Gasteiger partial charge in [0.25, 0.3) is 0 Å². The van der Waals surface area contributed by atoms with Gasteiger partial charge in [-0.1, -0.05) is 11.6 Å². The van der Waals surface area contributed by atoms with Crippen molar-refractivity contribution in [3.05, 3.63) is 45.4 Å². The summed E-state index contributed by atoms with van der Waals surface area (Å²) < 4.78 is 0. The van der Waals surface area contributed by atoms with Crippen LogP contribution in [0, 0.1) is 11.8 Å². The summed E-state index contributed by atoms with van der Waals surface area (Å²) in [6.45, 7) is 3.09. The van der Waals surface area contributed by atoms with E-state index in [9.17, 15) is 9.90 Å². The van der Waals surface area contributed by atoms with Crippen LogP contribution in [-0.2, 0) is 12.0 Å². The lowest BCUT2D eigenvalue weighted by Gasteiger charge is -2.60. The zero-order valence-electron chi connectivity index (χ0n) is 12.6. The van der Waals surface area contributed by atoms with Crippen LogP contribution in [0.1, 0.15) is 31.0 Å². The summed E-state index contributed by atoms with van der Waals surface area (Å²) in [6.07, 6.45) is 4.68. The number of aromatic nitrogens is 1. The van der Waals surface area contributed by atoms with Crippen molar-refractivity contribution in [2.45, 2.75) is 37.8 Å². The third-order valence-corrected chi connectivity index (χ3v) is 5.82. The number of fused-ring (bicyclic) bond motifs is 1. The Balaban J connectivity index is 2.00. The van der Waals surface area contributed by atoms with E-state index >= 15 is 0 Å². The van der Waals surface area contributed by atoms with Crippen LogP contribution in [0.15, 0.2) is 28.6 Å². The summed E-state index contributed by atoms with van der Waals surface area (Å²) in [5, 5.41) is 10.7. The number of nitrogens with one attached hydrogen (secondary N) is 1. The fourth-order valence-electron chi connectivity index (χ4n) is 5.11. The Morgan fingerprint density at radius 3 is 3.05 bits per heavy atom. The molecule has 4 rings (SSSR count). The minimum absolute atomic E-state index is 0.0265. The van der Waals surface area contributed by atoms with E-state index in [1.807, 2.05) is 6.07 Å². The maximum absolute atomic E-state index is 11.7. The van der Waals surface area contributed by atoms with E-state index in [1.165, 1.54) is 11.1 Å². The zero-order valence-corrected chi connectivity index (χ0v) is 12.6. The molecule has 1 fully saturated rings. The summed E-state index contributed by atoms with van der Waals surface area (Å²) in [4.78, 5) is 17.1. The molecule has 4 nitrogen and oxygen atoms in total. The van der Waals surface area contributed by atoms with Gasteiger partial charge in [0.15, 0.2) is 0 Å². The van der Waals surface area contributed by atoms with Gasteiger partial charge in [-0.05, 0) is 50.8 Å². The lowest BCUT2D eigenvalue weighted by molar-refractivity contribution is -0.101. The van der Waals surface area contributed by atoms with E-state index in [1.54, 1.807) is 6.07 Å². The van der Waals surface area contributed by atoms with Crippen molar-refractivity contribution >= 4 is 0 Å². The number of H-pyrrole nitrogens is 1. The molecule has 21 heavy (non-hydrogen) atoms. The molecule has 4 heteroatoms. The maximum atomic E-state index is 11.7. The number of piperidine rings is 1. The van der Waals surface area contributed by atoms with Crippen LogP contribution in [0.3, 0.4) is 0 Å². The molecule has 2 heterocycles. The number of hydrogen-bond donors (Lipinski definition) is 2. The Bertz CT molecular complexity index is 678. The quantitative estimate of drug-likeness (QED) is 0.709. The van der Waals surface area contributed by atoms with Gasteiger partial charge in [0.05, 0.1) is 11.6 Å². The molecule has 0 saturated carbocycles. The molecule has 2 aliphatic carbocycles. The topological polar surface area (TPSA) is 56.3 Å². The molecule has 0 amide bonds. The third kappa shape index (κ3) is 1.66. The predicted molar refractivity (Wildman–Crippen MR) is 81.1 cm³/mol. The normalized spacial score (nSPS) is 38.4. The molecule has 0 spiro atoms. The van der Waals surface area contributed by atoms with Crippen LogP contribution >= 0.6 is 0 Å². The Hall–Kier alpha value is -1.39. The number of rotatable bonds is 0. The lowest BCUT2D eigenvalue weighted by atomic mass is 9.55. The molecule has 0 radical (unpaired) electrons. The highest BCUT2D eigenvalue weighted by Gasteiger charge is 2.57. The predicted octanol–water partition coefficient (Wildman–Crippen LogP) is 1.41. The number of aliphatic hydroxyl groups is 1. The van der Waals surface area contributed by atoms with Crippen molar-refractivity contribution in [1.29, 1.82) is 0 Å². The largest absolute Gasteiger partial charge is 0.393 e. The Labute approximate surface area is 124 Å². The van der Waals surface area contributed by atoms with Crippen LogP contribution in [0.4, 0.5) is 0 Å². The van der Waals surface area contributed by atoms with Crippen molar-refractivity contribution in [3.8, 4) is 0 Å². The number of hydrogen-bond acceptors (Lipinski definition) is 3. The second-order valence-corrected chi connectivity index (χ2v) is 7.00. The fraction of sp³-hybridized carbons (Fsp3) is 0.588. The van der Waals surface area contributed by atoms with Gasteiger partial charge in [0.2, 0.25) is 5.56 Å². The molecule has 1 aliphatic heterocycles. The van der Waals surface area contributed by atoms with Crippen LogP contribution in [0.2, 0.25) is 0 Å². The standard InChI is InChI=1S/C17H22N2O2/c1-10-7-11-8-13-12(3-4-15(21)18-13)17(9-10)16(11)14(20)5-6-19(17)2/h3-4,7,11,14,16,20H,5-6,8-9H2,1-2H3,(H,18,21). The van der Waals surface area contributed by atoms with E-state index in [4.69, 9.17) is 0 Å². The minimum atomic E-state index is -0.254. The summed E-state index contributed by atoms with van der Waals surface area (Å²) >= 11 is 0. The zero-order chi connectivity index (χ0) is 14.8.